The average molecular weight is 729 g/mol. The number of aliphatic imine (C=N–C) groups is 1. The number of carboxylic acids is 2. The van der Waals surface area contributed by atoms with Gasteiger partial charge in [0.05, 0.1) is 21.3 Å². The minimum Gasteiger partial charge on any atom is -1.00 e. The van der Waals surface area contributed by atoms with Crippen LogP contribution in [0.25, 0.3) is 34.8 Å². The van der Waals surface area contributed by atoms with Gasteiger partial charge in [-0.25, -0.2) is 9.79 Å². The van der Waals surface area contributed by atoms with Gasteiger partial charge in [0.1, 0.15) is 23.0 Å². The Labute approximate surface area is 330 Å². The number of imide groups is 1. The summed E-state index contributed by atoms with van der Waals surface area (Å²) in [6, 6.07) is 19.0. The second kappa shape index (κ2) is 20.1. The van der Waals surface area contributed by atoms with Crippen molar-refractivity contribution < 1.29 is 125 Å². The van der Waals surface area contributed by atoms with Crippen LogP contribution < -0.4 is 74.6 Å². The molecule has 0 aliphatic carbocycles. The van der Waals surface area contributed by atoms with Gasteiger partial charge in [-0.3, -0.25) is 19.7 Å². The molecule has 3 amide bonds. The summed E-state index contributed by atoms with van der Waals surface area (Å²) in [4.78, 5) is 59.2. The van der Waals surface area contributed by atoms with Crippen molar-refractivity contribution in [2.24, 2.45) is 4.99 Å². The standard InChI is InChI=1S/2C15H9NO5S.2Na.3H2O.H/c2*17-13-12(22-15(20)16-13)7-10-5-6-11(21-10)8-1-3-9(4-2-8)14(18)19;;;;;;/h2*1-7H,(H,18,19)(H,16,17,20);;;3*1H2;/q;;2*+1;;;;-1/p-3/b2*12-7-;;;;;;. The Morgan fingerprint density at radius 2 is 1.22 bits per heavy atom. The Morgan fingerprint density at radius 3 is 1.61 bits per heavy atom. The second-order valence-electron chi connectivity index (χ2n) is 8.80. The maximum Gasteiger partial charge on any atom is 1.00 e. The first-order chi connectivity index (χ1) is 21.0. The number of carbonyl (C=O) groups is 5. The van der Waals surface area contributed by atoms with Crippen molar-refractivity contribution in [2.45, 2.75) is 0 Å². The van der Waals surface area contributed by atoms with E-state index in [1.54, 1.807) is 48.5 Å². The number of carboxylic acid groups (broad SMARTS) is 2. The first kappa shape index (κ1) is 45.3. The molecule has 2 aliphatic heterocycles. The summed E-state index contributed by atoms with van der Waals surface area (Å²) >= 11 is 1.57. The topological polar surface area (TPSA) is 295 Å². The largest absolute Gasteiger partial charge is 1.00 e. The molecule has 0 bridgehead atoms. The molecule has 2 aromatic carbocycles. The Kier molecular flexibility index (Phi) is 18.5. The van der Waals surface area contributed by atoms with E-state index in [-0.39, 0.29) is 97.9 Å². The van der Waals surface area contributed by atoms with E-state index < -0.39 is 34.2 Å². The number of thioether (sulfide) groups is 2. The Balaban J connectivity index is 0. The van der Waals surface area contributed by atoms with Gasteiger partial charge in [-0.2, -0.15) is 0 Å². The van der Waals surface area contributed by atoms with Crippen molar-refractivity contribution in [3.8, 4) is 22.6 Å². The summed E-state index contributed by atoms with van der Waals surface area (Å²) in [5.74, 6) is -1.38. The second-order valence-corrected chi connectivity index (χ2v) is 10.8. The molecule has 0 atom stereocenters. The van der Waals surface area contributed by atoms with E-state index in [0.29, 0.717) is 34.2 Å². The number of aromatic carboxylic acids is 2. The van der Waals surface area contributed by atoms with Gasteiger partial charge in [-0.05, 0) is 53.7 Å². The number of furan rings is 2. The van der Waals surface area contributed by atoms with Crippen LogP contribution in [0.1, 0.15) is 33.7 Å². The fourth-order valence-corrected chi connectivity index (χ4v) is 5.07. The molecule has 2 aromatic heterocycles. The summed E-state index contributed by atoms with van der Waals surface area (Å²) < 4.78 is 11.1. The third kappa shape index (κ3) is 11.7. The molecule has 0 unspecified atom stereocenters. The molecule has 2 aliphatic rings. The summed E-state index contributed by atoms with van der Waals surface area (Å²) in [6.45, 7) is 0. The predicted molar refractivity (Wildman–Crippen MR) is 167 cm³/mol. The first-order valence-electron chi connectivity index (χ1n) is 12.4. The monoisotopic (exact) mass is 728 g/mol. The van der Waals surface area contributed by atoms with Gasteiger partial charge >= 0.3 is 65.1 Å². The fraction of sp³-hybridized carbons (Fsp3) is 0. The number of carbonyl (C=O) groups excluding carboxylic acids is 4. The van der Waals surface area contributed by atoms with Crippen molar-refractivity contribution in [3.63, 3.8) is 0 Å². The number of rotatable bonds is 6. The zero-order valence-electron chi connectivity index (χ0n) is 26.4. The number of nitrogens with zero attached hydrogens (tertiary/aromatic N) is 1. The first-order valence-corrected chi connectivity index (χ1v) is 14.0. The zero-order valence-corrected chi connectivity index (χ0v) is 31.0. The molecule has 19 heteroatoms. The van der Waals surface area contributed by atoms with E-state index in [0.717, 1.165) is 23.5 Å². The molecule has 246 valence electrons. The number of hydrogen-bond donors (Lipinski definition) is 2. The van der Waals surface area contributed by atoms with Crippen LogP contribution in [0.2, 0.25) is 0 Å². The normalized spacial score (nSPS) is 14.4. The summed E-state index contributed by atoms with van der Waals surface area (Å²) in [5, 5.41) is 31.8. The molecule has 1 saturated heterocycles. The quantitative estimate of drug-likeness (QED) is 0.141. The molecular formula is C30H22N2Na2O13S2-2. The molecule has 0 radical (unpaired) electrons. The maximum absolute atomic E-state index is 11.4. The van der Waals surface area contributed by atoms with Gasteiger partial charge in [-0.1, -0.05) is 48.2 Å². The average Bonchev–Trinajstić information content (AvgIpc) is 3.78. The van der Waals surface area contributed by atoms with Crippen LogP contribution in [0.15, 0.2) is 96.4 Å². The Hall–Kier alpha value is -3.72. The summed E-state index contributed by atoms with van der Waals surface area (Å²) in [5.41, 5.74) is 1.66. The van der Waals surface area contributed by atoms with E-state index >= 15 is 0 Å². The van der Waals surface area contributed by atoms with Crippen LogP contribution in [0.5, 0.6) is 0 Å². The molecule has 49 heavy (non-hydrogen) atoms. The van der Waals surface area contributed by atoms with E-state index in [9.17, 15) is 34.2 Å². The summed E-state index contributed by atoms with van der Waals surface area (Å²) in [6.07, 6.45) is 2.93. The zero-order chi connectivity index (χ0) is 31.4. The van der Waals surface area contributed by atoms with Crippen LogP contribution in [-0.4, -0.2) is 55.8 Å². The number of benzene rings is 2. The van der Waals surface area contributed by atoms with E-state index in [1.807, 2.05) is 0 Å². The smallest absolute Gasteiger partial charge is 1.00 e. The van der Waals surface area contributed by atoms with Crippen LogP contribution in [0.4, 0.5) is 4.79 Å². The third-order valence-corrected chi connectivity index (χ3v) is 7.45. The van der Waals surface area contributed by atoms with E-state index in [2.05, 4.69) is 10.3 Å². The molecule has 4 heterocycles. The Bertz CT molecular complexity index is 1920. The molecular weight excluding hydrogens is 706 g/mol. The van der Waals surface area contributed by atoms with E-state index in [4.69, 9.17) is 13.9 Å². The van der Waals surface area contributed by atoms with Gasteiger partial charge < -0.3 is 46.8 Å². The van der Waals surface area contributed by atoms with Crippen molar-refractivity contribution in [2.75, 3.05) is 0 Å². The number of nitrogens with one attached hydrogen (secondary N) is 1. The predicted octanol–water partition coefficient (Wildman–Crippen LogP) is -4.10. The fourth-order valence-electron chi connectivity index (χ4n) is 3.79. The minimum atomic E-state index is -1.25. The van der Waals surface area contributed by atoms with Crippen LogP contribution >= 0.6 is 23.5 Å². The molecule has 1 fully saturated rings. The molecule has 0 saturated carbocycles. The molecule has 15 nitrogen and oxygen atoms in total. The van der Waals surface area contributed by atoms with Crippen molar-refractivity contribution in [1.82, 2.24) is 5.32 Å². The summed E-state index contributed by atoms with van der Waals surface area (Å²) in [7, 11) is 0. The van der Waals surface area contributed by atoms with E-state index in [1.165, 1.54) is 36.4 Å². The van der Waals surface area contributed by atoms with Crippen molar-refractivity contribution >= 4 is 69.9 Å². The van der Waals surface area contributed by atoms with Gasteiger partial charge in [0, 0.05) is 28.5 Å². The van der Waals surface area contributed by atoms with Gasteiger partial charge in [-0.15, -0.1) is 0 Å². The molecule has 7 N–H and O–H groups in total. The number of hydrogen-bond acceptors (Lipinski definition) is 12. The minimum absolute atomic E-state index is 0. The van der Waals surface area contributed by atoms with Gasteiger partial charge in [0.2, 0.25) is 0 Å². The SMILES string of the molecule is O.O.O=C1N=C([O-])S/C1=C\c1ccc(-c2ccc(C(=O)[O-])cc2)o1.O=C1NC(=O)/C(=C/c2ccc(-c3ccc(C(=O)O)cc3)o2)S1.[H-].[Na+].[Na+].[OH-]. The van der Waals surface area contributed by atoms with Gasteiger partial charge in [0.15, 0.2) is 0 Å². The third-order valence-electron chi connectivity index (χ3n) is 5.86. The van der Waals surface area contributed by atoms with Crippen molar-refractivity contribution in [3.05, 3.63) is 105 Å². The molecule has 4 aromatic rings. The molecule has 0 spiro atoms. The molecule has 6 rings (SSSR count). The Morgan fingerprint density at radius 1 is 0.755 bits per heavy atom. The van der Waals surface area contributed by atoms with Gasteiger partial charge in [0.25, 0.3) is 17.1 Å². The van der Waals surface area contributed by atoms with Crippen molar-refractivity contribution in [1.29, 1.82) is 0 Å². The van der Waals surface area contributed by atoms with Crippen LogP contribution in [0.3, 0.4) is 0 Å². The maximum atomic E-state index is 11.4. The van der Waals surface area contributed by atoms with Crippen LogP contribution in [0, 0.1) is 0 Å². The van der Waals surface area contributed by atoms with Crippen LogP contribution in [-0.2, 0) is 9.59 Å². The number of amides is 3.